The molecule has 0 aliphatic carbocycles. The number of anilines is 1. The van der Waals surface area contributed by atoms with Gasteiger partial charge in [-0.15, -0.1) is 0 Å². The second-order valence-electron chi connectivity index (χ2n) is 4.83. The number of hydrogen-bond acceptors (Lipinski definition) is 3. The number of aryl methyl sites for hydroxylation is 1. The summed E-state index contributed by atoms with van der Waals surface area (Å²) in [6.45, 7) is 9.20. The topological polar surface area (TPSA) is 44.5 Å². The average molecular weight is 223 g/mol. The first kappa shape index (κ1) is 12.8. The van der Waals surface area contributed by atoms with Crippen molar-refractivity contribution >= 4 is 5.69 Å². The molecule has 16 heavy (non-hydrogen) atoms. The van der Waals surface area contributed by atoms with E-state index in [1.165, 1.54) is 0 Å². The third-order valence-corrected chi connectivity index (χ3v) is 2.13. The van der Waals surface area contributed by atoms with E-state index >= 15 is 0 Å². The van der Waals surface area contributed by atoms with Crippen LogP contribution in [0, 0.1) is 6.92 Å². The second-order valence-corrected chi connectivity index (χ2v) is 4.83. The van der Waals surface area contributed by atoms with Crippen LogP contribution in [-0.2, 0) is 4.74 Å². The maximum atomic E-state index is 5.72. The zero-order chi connectivity index (χ0) is 12.2. The largest absolute Gasteiger partial charge is 0.491 e. The lowest BCUT2D eigenvalue weighted by Crippen LogP contribution is -2.22. The summed E-state index contributed by atoms with van der Waals surface area (Å²) in [7, 11) is 0. The molecule has 0 unspecified atom stereocenters. The molecule has 0 saturated heterocycles. The van der Waals surface area contributed by atoms with E-state index in [-0.39, 0.29) is 5.60 Å². The van der Waals surface area contributed by atoms with Crippen LogP contribution in [0.5, 0.6) is 5.75 Å². The predicted molar refractivity (Wildman–Crippen MR) is 66.8 cm³/mol. The number of nitrogens with two attached hydrogens (primary N) is 1. The van der Waals surface area contributed by atoms with Crippen molar-refractivity contribution in [1.29, 1.82) is 0 Å². The molecule has 0 aliphatic heterocycles. The van der Waals surface area contributed by atoms with Crippen LogP contribution in [0.2, 0.25) is 0 Å². The van der Waals surface area contributed by atoms with Crippen molar-refractivity contribution in [3.8, 4) is 5.75 Å². The third kappa shape index (κ3) is 4.53. The summed E-state index contributed by atoms with van der Waals surface area (Å²) in [5, 5.41) is 0. The molecule has 2 N–H and O–H groups in total. The van der Waals surface area contributed by atoms with Crippen LogP contribution in [0.3, 0.4) is 0 Å². The van der Waals surface area contributed by atoms with E-state index in [0.29, 0.717) is 13.2 Å². The van der Waals surface area contributed by atoms with Gasteiger partial charge in [0.2, 0.25) is 0 Å². The highest BCUT2D eigenvalue weighted by atomic mass is 16.5. The molecule has 0 radical (unpaired) electrons. The standard InChI is InChI=1S/C13H21NO2/c1-10-9-11(5-6-12(10)14)15-7-8-16-13(2,3)4/h5-6,9H,7-8,14H2,1-4H3. The van der Waals surface area contributed by atoms with Crippen molar-refractivity contribution in [2.45, 2.75) is 33.3 Å². The van der Waals surface area contributed by atoms with E-state index in [1.807, 2.05) is 45.9 Å². The van der Waals surface area contributed by atoms with Crippen LogP contribution < -0.4 is 10.5 Å². The first-order valence-corrected chi connectivity index (χ1v) is 5.51. The number of rotatable bonds is 4. The van der Waals surface area contributed by atoms with Gasteiger partial charge in [0.25, 0.3) is 0 Å². The van der Waals surface area contributed by atoms with E-state index in [4.69, 9.17) is 15.2 Å². The molecular formula is C13H21NO2. The van der Waals surface area contributed by atoms with Gasteiger partial charge in [0.05, 0.1) is 12.2 Å². The van der Waals surface area contributed by atoms with Crippen LogP contribution in [0.1, 0.15) is 26.3 Å². The highest BCUT2D eigenvalue weighted by Gasteiger charge is 2.09. The Kier molecular flexibility index (Phi) is 4.19. The molecule has 0 aromatic heterocycles. The maximum Gasteiger partial charge on any atom is 0.119 e. The van der Waals surface area contributed by atoms with Crippen LogP contribution in [0.25, 0.3) is 0 Å². The normalized spacial score (nSPS) is 11.5. The second kappa shape index (κ2) is 5.21. The molecule has 1 aromatic carbocycles. The van der Waals surface area contributed by atoms with Gasteiger partial charge in [0.1, 0.15) is 12.4 Å². The SMILES string of the molecule is Cc1cc(OCCOC(C)(C)C)ccc1N. The van der Waals surface area contributed by atoms with Gasteiger partial charge in [-0.2, -0.15) is 0 Å². The molecule has 90 valence electrons. The van der Waals surface area contributed by atoms with Gasteiger partial charge < -0.3 is 15.2 Å². The molecule has 0 heterocycles. The van der Waals surface area contributed by atoms with E-state index in [9.17, 15) is 0 Å². The van der Waals surface area contributed by atoms with Crippen molar-refractivity contribution in [2.24, 2.45) is 0 Å². The smallest absolute Gasteiger partial charge is 0.119 e. The molecule has 0 spiro atoms. The summed E-state index contributed by atoms with van der Waals surface area (Å²) in [6.07, 6.45) is 0. The Morgan fingerprint density at radius 2 is 1.88 bits per heavy atom. The van der Waals surface area contributed by atoms with Crippen molar-refractivity contribution in [2.75, 3.05) is 18.9 Å². The van der Waals surface area contributed by atoms with Gasteiger partial charge in [-0.05, 0) is 51.5 Å². The first-order chi connectivity index (χ1) is 7.38. The number of ether oxygens (including phenoxy) is 2. The lowest BCUT2D eigenvalue weighted by molar-refractivity contribution is -0.0163. The molecule has 0 saturated carbocycles. The average Bonchev–Trinajstić information content (AvgIpc) is 2.17. The van der Waals surface area contributed by atoms with Crippen LogP contribution >= 0.6 is 0 Å². The first-order valence-electron chi connectivity index (χ1n) is 5.51. The molecule has 1 aromatic rings. The van der Waals surface area contributed by atoms with Crippen molar-refractivity contribution in [3.63, 3.8) is 0 Å². The Bertz CT molecular complexity index is 342. The van der Waals surface area contributed by atoms with Crippen molar-refractivity contribution in [3.05, 3.63) is 23.8 Å². The Morgan fingerprint density at radius 3 is 2.44 bits per heavy atom. The van der Waals surface area contributed by atoms with Crippen LogP contribution in [0.4, 0.5) is 5.69 Å². The van der Waals surface area contributed by atoms with Gasteiger partial charge in [-0.1, -0.05) is 0 Å². The summed E-state index contributed by atoms with van der Waals surface area (Å²) in [5.74, 6) is 0.837. The number of hydrogen-bond donors (Lipinski definition) is 1. The minimum atomic E-state index is -0.111. The molecule has 0 bridgehead atoms. The van der Waals surface area contributed by atoms with Gasteiger partial charge in [-0.3, -0.25) is 0 Å². The highest BCUT2D eigenvalue weighted by Crippen LogP contribution is 2.18. The monoisotopic (exact) mass is 223 g/mol. The molecule has 0 fully saturated rings. The summed E-state index contributed by atoms with van der Waals surface area (Å²) in [5.41, 5.74) is 7.44. The fourth-order valence-corrected chi connectivity index (χ4v) is 1.25. The summed E-state index contributed by atoms with van der Waals surface area (Å²) >= 11 is 0. The molecular weight excluding hydrogens is 202 g/mol. The quantitative estimate of drug-likeness (QED) is 0.630. The third-order valence-electron chi connectivity index (χ3n) is 2.13. The molecule has 0 aliphatic rings. The van der Waals surface area contributed by atoms with E-state index in [2.05, 4.69) is 0 Å². The van der Waals surface area contributed by atoms with Crippen molar-refractivity contribution < 1.29 is 9.47 Å². The maximum absolute atomic E-state index is 5.72. The highest BCUT2D eigenvalue weighted by molar-refractivity contribution is 5.49. The zero-order valence-corrected chi connectivity index (χ0v) is 10.5. The van der Waals surface area contributed by atoms with E-state index in [1.54, 1.807) is 0 Å². The Hall–Kier alpha value is -1.22. The summed E-state index contributed by atoms with van der Waals surface area (Å²) in [4.78, 5) is 0. The van der Waals surface area contributed by atoms with Gasteiger partial charge in [0, 0.05) is 5.69 Å². The van der Waals surface area contributed by atoms with Crippen LogP contribution in [-0.4, -0.2) is 18.8 Å². The fraction of sp³-hybridized carbons (Fsp3) is 0.538. The number of nitrogen functional groups attached to an aromatic ring is 1. The summed E-state index contributed by atoms with van der Waals surface area (Å²) < 4.78 is 11.1. The molecule has 3 nitrogen and oxygen atoms in total. The lowest BCUT2D eigenvalue weighted by atomic mass is 10.2. The van der Waals surface area contributed by atoms with Gasteiger partial charge in [0.15, 0.2) is 0 Å². The van der Waals surface area contributed by atoms with E-state index in [0.717, 1.165) is 17.0 Å². The lowest BCUT2D eigenvalue weighted by Gasteiger charge is -2.19. The zero-order valence-electron chi connectivity index (χ0n) is 10.5. The molecule has 0 atom stereocenters. The Balaban J connectivity index is 2.35. The number of benzene rings is 1. The van der Waals surface area contributed by atoms with Crippen LogP contribution in [0.15, 0.2) is 18.2 Å². The molecule has 0 amide bonds. The van der Waals surface area contributed by atoms with Gasteiger partial charge >= 0.3 is 0 Å². The van der Waals surface area contributed by atoms with Crippen molar-refractivity contribution in [1.82, 2.24) is 0 Å². The van der Waals surface area contributed by atoms with Gasteiger partial charge in [-0.25, -0.2) is 0 Å². The fourth-order valence-electron chi connectivity index (χ4n) is 1.25. The predicted octanol–water partition coefficient (Wildman–Crippen LogP) is 2.77. The Labute approximate surface area is 97.6 Å². The van der Waals surface area contributed by atoms with E-state index < -0.39 is 0 Å². The molecule has 1 rings (SSSR count). The minimum absolute atomic E-state index is 0.111. The Morgan fingerprint density at radius 1 is 1.19 bits per heavy atom. The minimum Gasteiger partial charge on any atom is -0.491 e. The molecule has 3 heteroatoms. The summed E-state index contributed by atoms with van der Waals surface area (Å²) in [6, 6.07) is 5.67.